The van der Waals surface area contributed by atoms with Crippen molar-refractivity contribution in [1.29, 1.82) is 0 Å². The molecule has 0 spiro atoms. The largest absolute Gasteiger partial charge is 0.340 e. The van der Waals surface area contributed by atoms with Crippen molar-refractivity contribution in [3.8, 4) is 0 Å². The predicted molar refractivity (Wildman–Crippen MR) is 102 cm³/mol. The first kappa shape index (κ1) is 17.7. The van der Waals surface area contributed by atoms with E-state index >= 15 is 0 Å². The number of benzene rings is 2. The average molecular weight is 418 g/mol. The Bertz CT molecular complexity index is 911. The van der Waals surface area contributed by atoms with Crippen LogP contribution in [0.1, 0.15) is 27.6 Å². The highest BCUT2D eigenvalue weighted by Gasteiger charge is 2.14. The SMILES string of the molecule is Cc1nc(CSc2ccccc2C(=O)Nc2ccc(Br)cc2C)no1. The number of carbonyl (C=O) groups excluding carboxylic acids is 1. The second-order valence-electron chi connectivity index (χ2n) is 5.43. The van der Waals surface area contributed by atoms with Gasteiger partial charge in [0.05, 0.1) is 11.3 Å². The van der Waals surface area contributed by atoms with Crippen LogP contribution in [0.3, 0.4) is 0 Å². The van der Waals surface area contributed by atoms with E-state index in [9.17, 15) is 4.79 Å². The van der Waals surface area contributed by atoms with E-state index < -0.39 is 0 Å². The van der Waals surface area contributed by atoms with Gasteiger partial charge in [0.2, 0.25) is 5.89 Å². The van der Waals surface area contributed by atoms with Crippen LogP contribution in [0.25, 0.3) is 0 Å². The fraction of sp³-hybridized carbons (Fsp3) is 0.167. The number of anilines is 1. The van der Waals surface area contributed by atoms with E-state index in [0.717, 1.165) is 20.6 Å². The van der Waals surface area contributed by atoms with Crippen LogP contribution in [0, 0.1) is 13.8 Å². The summed E-state index contributed by atoms with van der Waals surface area (Å²) in [4.78, 5) is 17.8. The summed E-state index contributed by atoms with van der Waals surface area (Å²) in [5.74, 6) is 1.55. The normalized spacial score (nSPS) is 10.7. The van der Waals surface area contributed by atoms with Crippen molar-refractivity contribution < 1.29 is 9.32 Å². The number of thioether (sulfide) groups is 1. The molecule has 2 aromatic carbocycles. The average Bonchev–Trinajstić information content (AvgIpc) is 3.01. The maximum Gasteiger partial charge on any atom is 0.256 e. The maximum absolute atomic E-state index is 12.7. The molecule has 1 aromatic heterocycles. The molecule has 0 unspecified atom stereocenters. The number of aryl methyl sites for hydroxylation is 2. The van der Waals surface area contributed by atoms with Gasteiger partial charge in [0.15, 0.2) is 5.82 Å². The van der Waals surface area contributed by atoms with Gasteiger partial charge >= 0.3 is 0 Å². The van der Waals surface area contributed by atoms with Crippen molar-refractivity contribution in [2.24, 2.45) is 0 Å². The Kier molecular flexibility index (Phi) is 5.55. The summed E-state index contributed by atoms with van der Waals surface area (Å²) in [7, 11) is 0. The minimum Gasteiger partial charge on any atom is -0.340 e. The highest BCUT2D eigenvalue weighted by Crippen LogP contribution is 2.27. The Balaban J connectivity index is 1.76. The van der Waals surface area contributed by atoms with Crippen molar-refractivity contribution in [3.05, 3.63) is 69.8 Å². The second-order valence-corrected chi connectivity index (χ2v) is 7.36. The van der Waals surface area contributed by atoms with Crippen LogP contribution >= 0.6 is 27.7 Å². The third-order valence-electron chi connectivity index (χ3n) is 3.49. The van der Waals surface area contributed by atoms with Gasteiger partial charge in [-0.15, -0.1) is 11.8 Å². The molecule has 1 N–H and O–H groups in total. The van der Waals surface area contributed by atoms with Gasteiger partial charge in [-0.1, -0.05) is 33.2 Å². The molecule has 0 aliphatic carbocycles. The molecule has 0 radical (unpaired) electrons. The molecule has 25 heavy (non-hydrogen) atoms. The van der Waals surface area contributed by atoms with Crippen LogP contribution in [0.2, 0.25) is 0 Å². The minimum absolute atomic E-state index is 0.141. The van der Waals surface area contributed by atoms with Crippen LogP contribution in [0.4, 0.5) is 5.69 Å². The zero-order chi connectivity index (χ0) is 17.8. The Morgan fingerprint density at radius 3 is 2.76 bits per heavy atom. The first-order valence-corrected chi connectivity index (χ1v) is 9.39. The topological polar surface area (TPSA) is 68.0 Å². The van der Waals surface area contributed by atoms with E-state index in [1.54, 1.807) is 6.92 Å². The highest BCUT2D eigenvalue weighted by atomic mass is 79.9. The summed E-state index contributed by atoms with van der Waals surface area (Å²) >= 11 is 4.93. The Hall–Kier alpha value is -2.12. The van der Waals surface area contributed by atoms with Gasteiger partial charge in [-0.3, -0.25) is 4.79 Å². The van der Waals surface area contributed by atoms with Crippen molar-refractivity contribution >= 4 is 39.3 Å². The zero-order valence-electron chi connectivity index (χ0n) is 13.7. The molecule has 5 nitrogen and oxygen atoms in total. The number of nitrogens with one attached hydrogen (secondary N) is 1. The van der Waals surface area contributed by atoms with Gasteiger partial charge in [0.1, 0.15) is 0 Å². The molecule has 0 aliphatic heterocycles. The second kappa shape index (κ2) is 7.84. The molecule has 1 amide bonds. The summed E-state index contributed by atoms with van der Waals surface area (Å²) in [6.45, 7) is 3.71. The number of nitrogens with zero attached hydrogens (tertiary/aromatic N) is 2. The number of hydrogen-bond acceptors (Lipinski definition) is 5. The Morgan fingerprint density at radius 1 is 1.24 bits per heavy atom. The van der Waals surface area contributed by atoms with Crippen molar-refractivity contribution in [2.75, 3.05) is 5.32 Å². The third-order valence-corrected chi connectivity index (χ3v) is 5.06. The third kappa shape index (κ3) is 4.49. The van der Waals surface area contributed by atoms with Crippen molar-refractivity contribution in [3.63, 3.8) is 0 Å². The van der Waals surface area contributed by atoms with Gasteiger partial charge in [0, 0.05) is 22.0 Å². The van der Waals surface area contributed by atoms with Crippen LogP contribution in [0.15, 0.2) is 56.4 Å². The number of hydrogen-bond donors (Lipinski definition) is 1. The van der Waals surface area contributed by atoms with Crippen LogP contribution in [-0.4, -0.2) is 16.0 Å². The quantitative estimate of drug-likeness (QED) is 0.591. The summed E-state index contributed by atoms with van der Waals surface area (Å²) < 4.78 is 5.96. The van der Waals surface area contributed by atoms with Crippen LogP contribution in [-0.2, 0) is 5.75 Å². The molecule has 3 aromatic rings. The zero-order valence-corrected chi connectivity index (χ0v) is 16.1. The van der Waals surface area contributed by atoms with Gasteiger partial charge in [0.25, 0.3) is 5.91 Å². The Morgan fingerprint density at radius 2 is 2.04 bits per heavy atom. The molecular formula is C18H16BrN3O2S. The molecule has 0 atom stereocenters. The molecular weight excluding hydrogens is 402 g/mol. The first-order valence-electron chi connectivity index (χ1n) is 7.61. The van der Waals surface area contributed by atoms with Gasteiger partial charge in [-0.05, 0) is 42.8 Å². The monoisotopic (exact) mass is 417 g/mol. The highest BCUT2D eigenvalue weighted by molar-refractivity contribution is 9.10. The summed E-state index contributed by atoms with van der Waals surface area (Å²) in [5.41, 5.74) is 2.41. The molecule has 0 aliphatic rings. The lowest BCUT2D eigenvalue weighted by atomic mass is 10.1. The summed E-state index contributed by atoms with van der Waals surface area (Å²) in [6.07, 6.45) is 0. The fourth-order valence-corrected chi connectivity index (χ4v) is 3.65. The molecule has 7 heteroatoms. The lowest BCUT2D eigenvalue weighted by Crippen LogP contribution is -2.13. The standard InChI is InChI=1S/C18H16BrN3O2S/c1-11-9-13(19)7-8-15(11)21-18(23)14-5-3-4-6-16(14)25-10-17-20-12(2)24-22-17/h3-9H,10H2,1-2H3,(H,21,23). The minimum atomic E-state index is -0.141. The number of rotatable bonds is 5. The number of carbonyl (C=O) groups is 1. The lowest BCUT2D eigenvalue weighted by Gasteiger charge is -2.11. The van der Waals surface area contributed by atoms with Gasteiger partial charge in [-0.2, -0.15) is 4.98 Å². The Labute approximate surface area is 158 Å². The van der Waals surface area contributed by atoms with Crippen molar-refractivity contribution in [1.82, 2.24) is 10.1 Å². The number of halogens is 1. The lowest BCUT2D eigenvalue weighted by molar-refractivity contribution is 0.102. The predicted octanol–water partition coefficient (Wildman–Crippen LogP) is 4.99. The summed E-state index contributed by atoms with van der Waals surface area (Å²) in [6, 6.07) is 13.2. The van der Waals surface area contributed by atoms with E-state index in [2.05, 4.69) is 31.4 Å². The van der Waals surface area contributed by atoms with Crippen LogP contribution < -0.4 is 5.32 Å². The molecule has 128 valence electrons. The maximum atomic E-state index is 12.7. The molecule has 0 saturated heterocycles. The van der Waals surface area contributed by atoms with Crippen LogP contribution in [0.5, 0.6) is 0 Å². The van der Waals surface area contributed by atoms with Gasteiger partial charge < -0.3 is 9.84 Å². The summed E-state index contributed by atoms with van der Waals surface area (Å²) in [5, 5.41) is 6.85. The fourth-order valence-electron chi connectivity index (χ4n) is 2.28. The van der Waals surface area contributed by atoms with Crippen molar-refractivity contribution in [2.45, 2.75) is 24.5 Å². The van der Waals surface area contributed by atoms with E-state index in [1.165, 1.54) is 11.8 Å². The van der Waals surface area contributed by atoms with E-state index in [1.807, 2.05) is 49.4 Å². The molecule has 3 rings (SSSR count). The van der Waals surface area contributed by atoms with E-state index in [4.69, 9.17) is 4.52 Å². The molecule has 0 fully saturated rings. The van der Waals surface area contributed by atoms with E-state index in [-0.39, 0.29) is 5.91 Å². The molecule has 0 saturated carbocycles. The molecule has 0 bridgehead atoms. The van der Waals surface area contributed by atoms with Gasteiger partial charge in [-0.25, -0.2) is 0 Å². The number of amides is 1. The van der Waals surface area contributed by atoms with E-state index in [0.29, 0.717) is 23.0 Å². The number of aromatic nitrogens is 2. The smallest absolute Gasteiger partial charge is 0.256 e. The first-order chi connectivity index (χ1) is 12.0. The molecule has 1 heterocycles.